The van der Waals surface area contributed by atoms with E-state index in [1.807, 2.05) is 4.90 Å². The van der Waals surface area contributed by atoms with Crippen LogP contribution in [-0.4, -0.2) is 42.0 Å². The van der Waals surface area contributed by atoms with E-state index in [2.05, 4.69) is 11.1 Å². The number of anilines is 1. The van der Waals surface area contributed by atoms with Gasteiger partial charge in [-0.25, -0.2) is 0 Å². The average molecular weight is 364 g/mol. The van der Waals surface area contributed by atoms with Gasteiger partial charge in [-0.05, 0) is 30.3 Å². The highest BCUT2D eigenvalue weighted by atomic mass is 16.4. The van der Waals surface area contributed by atoms with Gasteiger partial charge >= 0.3 is 0 Å². The lowest BCUT2D eigenvalue weighted by Crippen LogP contribution is -2.48. The van der Waals surface area contributed by atoms with Gasteiger partial charge in [-0.3, -0.25) is 4.79 Å². The lowest BCUT2D eigenvalue weighted by molar-refractivity contribution is -0.126. The molecule has 0 atom stereocenters. The Bertz CT molecular complexity index is 972. The highest BCUT2D eigenvalue weighted by Gasteiger charge is 2.26. The molecule has 136 valence electrons. The van der Waals surface area contributed by atoms with Gasteiger partial charge in [0.25, 0.3) is 5.89 Å². The largest absolute Gasteiger partial charge is 0.465 e. The minimum Gasteiger partial charge on any atom is -0.465 e. The summed E-state index contributed by atoms with van der Waals surface area (Å²) >= 11 is 0. The third-order valence-electron chi connectivity index (χ3n) is 4.26. The van der Waals surface area contributed by atoms with E-state index >= 15 is 0 Å². The molecule has 0 N–H and O–H groups in total. The highest BCUT2D eigenvalue weighted by Crippen LogP contribution is 2.29. The topological polar surface area (TPSA) is 99.6 Å². The Morgan fingerprint density at radius 3 is 2.59 bits per heavy atom. The second-order valence-electron chi connectivity index (χ2n) is 5.92. The number of aromatic nitrogens is 1. The predicted molar refractivity (Wildman–Crippen MR) is 95.5 cm³/mol. The van der Waals surface area contributed by atoms with Gasteiger partial charge in [-0.2, -0.15) is 10.2 Å². The van der Waals surface area contributed by atoms with Crippen LogP contribution in [0.2, 0.25) is 0 Å². The summed E-state index contributed by atoms with van der Waals surface area (Å²) in [5.74, 6) is 1.69. The molecule has 8 heteroatoms. The average Bonchev–Trinajstić information content (AvgIpc) is 3.47. The normalized spacial score (nSPS) is 14.6. The summed E-state index contributed by atoms with van der Waals surface area (Å²) in [4.78, 5) is 20.1. The van der Waals surface area contributed by atoms with Crippen molar-refractivity contribution < 1.29 is 18.0 Å². The molecule has 4 heterocycles. The van der Waals surface area contributed by atoms with E-state index in [1.54, 1.807) is 41.5 Å². The quantitative estimate of drug-likeness (QED) is 0.656. The van der Waals surface area contributed by atoms with Crippen molar-refractivity contribution in [3.63, 3.8) is 0 Å². The first-order chi connectivity index (χ1) is 13.2. The van der Waals surface area contributed by atoms with Gasteiger partial charge in [0.05, 0.1) is 12.5 Å². The summed E-state index contributed by atoms with van der Waals surface area (Å²) in [6.45, 7) is 2.12. The number of carbonyl (C=O) groups is 1. The molecule has 0 bridgehead atoms. The van der Waals surface area contributed by atoms with Crippen molar-refractivity contribution in [1.82, 2.24) is 9.88 Å². The summed E-state index contributed by atoms with van der Waals surface area (Å²) in [6.07, 6.45) is 6.23. The third kappa shape index (κ3) is 3.48. The van der Waals surface area contributed by atoms with Crippen LogP contribution in [0.4, 0.5) is 5.88 Å². The molecule has 1 saturated heterocycles. The molecule has 1 fully saturated rings. The molecule has 0 aromatic carbocycles. The van der Waals surface area contributed by atoms with E-state index in [0.29, 0.717) is 43.6 Å². The Balaban J connectivity index is 1.42. The van der Waals surface area contributed by atoms with E-state index in [9.17, 15) is 10.1 Å². The van der Waals surface area contributed by atoms with Crippen molar-refractivity contribution in [1.29, 1.82) is 5.26 Å². The van der Waals surface area contributed by atoms with Crippen molar-refractivity contribution in [3.05, 3.63) is 54.3 Å². The number of piperazine rings is 1. The smallest absolute Gasteiger partial charge is 0.266 e. The van der Waals surface area contributed by atoms with Gasteiger partial charge in [0.2, 0.25) is 17.5 Å². The number of nitrogens with zero attached hydrogens (tertiary/aromatic N) is 4. The minimum absolute atomic E-state index is 0.0830. The summed E-state index contributed by atoms with van der Waals surface area (Å²) < 4.78 is 16.2. The first-order valence-corrected chi connectivity index (χ1v) is 8.45. The summed E-state index contributed by atoms with van der Waals surface area (Å²) in [6, 6.07) is 9.06. The Labute approximate surface area is 154 Å². The first kappa shape index (κ1) is 16.7. The number of rotatable bonds is 4. The molecule has 4 rings (SSSR count). The summed E-state index contributed by atoms with van der Waals surface area (Å²) in [5, 5.41) is 9.35. The van der Waals surface area contributed by atoms with Crippen molar-refractivity contribution in [2.24, 2.45) is 0 Å². The number of hydrogen-bond donors (Lipinski definition) is 0. The second-order valence-corrected chi connectivity index (χ2v) is 5.92. The summed E-state index contributed by atoms with van der Waals surface area (Å²) in [5.41, 5.74) is 0.207. The van der Waals surface area contributed by atoms with E-state index in [-0.39, 0.29) is 17.5 Å². The lowest BCUT2D eigenvalue weighted by Gasteiger charge is -2.33. The van der Waals surface area contributed by atoms with Crippen LogP contribution in [0.3, 0.4) is 0 Å². The fourth-order valence-electron chi connectivity index (χ4n) is 2.88. The fourth-order valence-corrected chi connectivity index (χ4v) is 2.88. The van der Waals surface area contributed by atoms with Gasteiger partial charge in [-0.1, -0.05) is 0 Å². The van der Waals surface area contributed by atoms with Crippen molar-refractivity contribution in [2.75, 3.05) is 31.1 Å². The van der Waals surface area contributed by atoms with E-state index in [1.165, 1.54) is 12.3 Å². The SMILES string of the molecule is N#Cc1nc(-c2ccco2)oc1N1CCN(C(=O)/C=C/c2ccco2)CC1. The molecular formula is C19H16N4O4. The molecule has 1 aliphatic heterocycles. The minimum atomic E-state index is -0.0830. The van der Waals surface area contributed by atoms with Crippen LogP contribution in [0.5, 0.6) is 0 Å². The number of amides is 1. The zero-order valence-electron chi connectivity index (χ0n) is 14.4. The molecule has 8 nitrogen and oxygen atoms in total. The van der Waals surface area contributed by atoms with E-state index < -0.39 is 0 Å². The number of oxazole rings is 1. The van der Waals surface area contributed by atoms with Crippen LogP contribution in [0.15, 0.2) is 56.1 Å². The van der Waals surface area contributed by atoms with Crippen LogP contribution in [0, 0.1) is 11.3 Å². The van der Waals surface area contributed by atoms with Crippen molar-refractivity contribution in [3.8, 4) is 17.7 Å². The predicted octanol–water partition coefficient (Wildman–Crippen LogP) is 2.76. The number of carbonyl (C=O) groups excluding carboxylic acids is 1. The molecule has 3 aromatic rings. The Morgan fingerprint density at radius 2 is 1.93 bits per heavy atom. The van der Waals surface area contributed by atoms with Crippen LogP contribution < -0.4 is 4.90 Å². The maximum atomic E-state index is 12.3. The third-order valence-corrected chi connectivity index (χ3v) is 4.26. The zero-order chi connectivity index (χ0) is 18.6. The summed E-state index contributed by atoms with van der Waals surface area (Å²) in [7, 11) is 0. The zero-order valence-corrected chi connectivity index (χ0v) is 14.4. The molecule has 3 aromatic heterocycles. The number of nitriles is 1. The van der Waals surface area contributed by atoms with Crippen LogP contribution in [-0.2, 0) is 4.79 Å². The second kappa shape index (κ2) is 7.25. The first-order valence-electron chi connectivity index (χ1n) is 8.45. The van der Waals surface area contributed by atoms with E-state index in [0.717, 1.165) is 0 Å². The van der Waals surface area contributed by atoms with Gasteiger partial charge in [0, 0.05) is 32.3 Å². The van der Waals surface area contributed by atoms with E-state index in [4.69, 9.17) is 13.3 Å². The highest BCUT2D eigenvalue weighted by molar-refractivity contribution is 5.91. The Morgan fingerprint density at radius 1 is 1.15 bits per heavy atom. The van der Waals surface area contributed by atoms with Gasteiger partial charge in [-0.15, -0.1) is 0 Å². The molecule has 0 spiro atoms. The number of furan rings is 2. The molecule has 0 saturated carbocycles. The van der Waals surface area contributed by atoms with Crippen LogP contribution in [0.25, 0.3) is 17.7 Å². The maximum Gasteiger partial charge on any atom is 0.266 e. The Hall–Kier alpha value is -3.73. The molecule has 0 aliphatic carbocycles. The monoisotopic (exact) mass is 364 g/mol. The molecule has 0 radical (unpaired) electrons. The molecule has 27 heavy (non-hydrogen) atoms. The Kier molecular flexibility index (Phi) is 4.49. The maximum absolute atomic E-state index is 12.3. The van der Waals surface area contributed by atoms with Gasteiger partial charge in [0.1, 0.15) is 11.8 Å². The van der Waals surface area contributed by atoms with Crippen molar-refractivity contribution >= 4 is 17.9 Å². The molecule has 0 unspecified atom stereocenters. The van der Waals surface area contributed by atoms with Crippen LogP contribution in [0.1, 0.15) is 11.5 Å². The lowest BCUT2D eigenvalue weighted by atomic mass is 10.3. The molecule has 1 aliphatic rings. The van der Waals surface area contributed by atoms with Gasteiger partial charge < -0.3 is 23.1 Å². The van der Waals surface area contributed by atoms with Crippen molar-refractivity contribution in [2.45, 2.75) is 0 Å². The molecular weight excluding hydrogens is 348 g/mol. The molecule has 1 amide bonds. The van der Waals surface area contributed by atoms with Gasteiger partial charge in [0.15, 0.2) is 5.76 Å². The standard InChI is InChI=1S/C19H16N4O4/c20-13-15-19(27-18(21-15)16-4-2-12-26-16)23-9-7-22(8-10-23)17(24)6-5-14-3-1-11-25-14/h1-6,11-12H,7-10H2/b6-5+. The fraction of sp³-hybridized carbons (Fsp3) is 0.211. The van der Waals surface area contributed by atoms with Crippen LogP contribution >= 0.6 is 0 Å². The number of hydrogen-bond acceptors (Lipinski definition) is 7.